The summed E-state index contributed by atoms with van der Waals surface area (Å²) in [4.78, 5) is 45.1. The average Bonchev–Trinajstić information content (AvgIpc) is 2.85. The standard InChI is InChI=1S/C25H25ClF4N4O5/c1-14(25(28,29)30)39-19-10-9-17(11-18(19)27)31-21-32-22(36)34(13-24(2,3)20(35)38-4)23(37)33(21)12-15-5-7-16(26)8-6-15/h5-11,14H,12-13H2,1-4H3,(H,31,32,36). The summed E-state index contributed by atoms with van der Waals surface area (Å²) in [5.41, 5.74) is -2.77. The minimum absolute atomic E-state index is 0.100. The summed E-state index contributed by atoms with van der Waals surface area (Å²) in [6.45, 7) is 3.31. The Morgan fingerprint density at radius 2 is 1.74 bits per heavy atom. The van der Waals surface area contributed by atoms with E-state index in [0.717, 1.165) is 28.2 Å². The van der Waals surface area contributed by atoms with Crippen molar-refractivity contribution in [3.63, 3.8) is 0 Å². The van der Waals surface area contributed by atoms with Gasteiger partial charge in [-0.1, -0.05) is 23.7 Å². The number of alkyl halides is 3. The van der Waals surface area contributed by atoms with Gasteiger partial charge in [-0.3, -0.25) is 14.3 Å². The number of esters is 1. The summed E-state index contributed by atoms with van der Waals surface area (Å²) in [5, 5.41) is 0.449. The number of hydrogen-bond acceptors (Lipinski definition) is 6. The van der Waals surface area contributed by atoms with E-state index in [9.17, 15) is 31.9 Å². The van der Waals surface area contributed by atoms with Crippen LogP contribution >= 0.6 is 11.6 Å². The number of halogens is 5. The van der Waals surface area contributed by atoms with Crippen molar-refractivity contribution in [2.75, 3.05) is 7.11 Å². The van der Waals surface area contributed by atoms with Crippen LogP contribution in [0.3, 0.4) is 0 Å². The molecule has 0 amide bonds. The molecule has 1 heterocycles. The molecule has 1 aromatic heterocycles. The van der Waals surface area contributed by atoms with Crippen LogP contribution in [0.5, 0.6) is 5.75 Å². The first kappa shape index (κ1) is 29.7. The van der Waals surface area contributed by atoms with Gasteiger partial charge in [0.1, 0.15) is 0 Å². The first-order valence-electron chi connectivity index (χ1n) is 11.5. The van der Waals surface area contributed by atoms with Crippen molar-refractivity contribution in [1.82, 2.24) is 14.1 Å². The van der Waals surface area contributed by atoms with E-state index in [-0.39, 0.29) is 24.4 Å². The molecular weight excluding hydrogens is 548 g/mol. The summed E-state index contributed by atoms with van der Waals surface area (Å²) in [6, 6.07) is 9.38. The molecule has 2 aromatic carbocycles. The number of aromatic nitrogens is 3. The van der Waals surface area contributed by atoms with E-state index in [2.05, 4.69) is 14.7 Å². The van der Waals surface area contributed by atoms with Crippen LogP contribution in [0.2, 0.25) is 5.02 Å². The lowest BCUT2D eigenvalue weighted by atomic mass is 9.94. The van der Waals surface area contributed by atoms with Crippen molar-refractivity contribution in [1.29, 1.82) is 0 Å². The normalized spacial score (nSPS) is 13.3. The highest BCUT2D eigenvalue weighted by atomic mass is 35.5. The quantitative estimate of drug-likeness (QED) is 0.325. The predicted octanol–water partition coefficient (Wildman–Crippen LogP) is 3.94. The predicted molar refractivity (Wildman–Crippen MR) is 133 cm³/mol. The first-order valence-corrected chi connectivity index (χ1v) is 11.8. The lowest BCUT2D eigenvalue weighted by Crippen LogP contribution is -2.52. The van der Waals surface area contributed by atoms with Crippen molar-refractivity contribution in [2.24, 2.45) is 10.4 Å². The second-order valence-corrected chi connectivity index (χ2v) is 9.68. The molecule has 0 saturated carbocycles. The molecule has 39 heavy (non-hydrogen) atoms. The van der Waals surface area contributed by atoms with Gasteiger partial charge in [-0.2, -0.15) is 13.2 Å². The van der Waals surface area contributed by atoms with Gasteiger partial charge in [0.15, 0.2) is 17.7 Å². The third-order valence-electron chi connectivity index (χ3n) is 5.64. The Morgan fingerprint density at radius 1 is 1.10 bits per heavy atom. The van der Waals surface area contributed by atoms with Crippen LogP contribution < -0.4 is 21.7 Å². The Morgan fingerprint density at radius 3 is 2.31 bits per heavy atom. The van der Waals surface area contributed by atoms with Crippen LogP contribution in [-0.4, -0.2) is 39.5 Å². The zero-order valence-electron chi connectivity index (χ0n) is 21.3. The number of hydrogen-bond donors (Lipinski definition) is 1. The molecule has 3 rings (SSSR count). The molecule has 0 radical (unpaired) electrons. The Bertz CT molecular complexity index is 1540. The molecule has 14 heteroatoms. The summed E-state index contributed by atoms with van der Waals surface area (Å²) in [7, 11) is 1.18. The number of ether oxygens (including phenoxy) is 2. The molecule has 1 atom stereocenters. The maximum atomic E-state index is 14.6. The van der Waals surface area contributed by atoms with Crippen LogP contribution in [0, 0.1) is 11.2 Å². The third kappa shape index (κ3) is 7.16. The van der Waals surface area contributed by atoms with E-state index < -0.39 is 46.6 Å². The molecule has 0 fully saturated rings. The number of nitrogens with zero attached hydrogens (tertiary/aromatic N) is 3. The molecule has 3 aromatic rings. The van der Waals surface area contributed by atoms with Crippen LogP contribution in [0.15, 0.2) is 57.0 Å². The van der Waals surface area contributed by atoms with Crippen molar-refractivity contribution >= 4 is 23.3 Å². The van der Waals surface area contributed by atoms with E-state index in [1.165, 1.54) is 27.0 Å². The highest BCUT2D eigenvalue weighted by Gasteiger charge is 2.38. The van der Waals surface area contributed by atoms with E-state index >= 15 is 0 Å². The van der Waals surface area contributed by atoms with Gasteiger partial charge in [0, 0.05) is 17.6 Å². The van der Waals surface area contributed by atoms with Crippen LogP contribution in [0.4, 0.5) is 23.2 Å². The monoisotopic (exact) mass is 572 g/mol. The van der Waals surface area contributed by atoms with Crippen molar-refractivity contribution in [3.05, 3.63) is 85.5 Å². The van der Waals surface area contributed by atoms with E-state index in [4.69, 9.17) is 16.3 Å². The largest absolute Gasteiger partial charge is 0.478 e. The highest BCUT2D eigenvalue weighted by Crippen LogP contribution is 2.28. The Kier molecular flexibility index (Phi) is 8.74. The Balaban J connectivity index is 2.14. The lowest BCUT2D eigenvalue weighted by molar-refractivity contribution is -0.189. The fourth-order valence-corrected chi connectivity index (χ4v) is 3.59. The summed E-state index contributed by atoms with van der Waals surface area (Å²) in [6.07, 6.45) is -6.95. The van der Waals surface area contributed by atoms with Gasteiger partial charge >= 0.3 is 23.5 Å². The lowest BCUT2D eigenvalue weighted by Gasteiger charge is -2.22. The number of aromatic amines is 1. The van der Waals surface area contributed by atoms with Gasteiger partial charge in [0.05, 0.1) is 24.8 Å². The number of rotatable bonds is 8. The average molecular weight is 573 g/mol. The van der Waals surface area contributed by atoms with E-state index in [1.807, 2.05) is 0 Å². The van der Waals surface area contributed by atoms with Gasteiger partial charge in [0.2, 0.25) is 5.62 Å². The minimum atomic E-state index is -4.70. The highest BCUT2D eigenvalue weighted by molar-refractivity contribution is 6.30. The van der Waals surface area contributed by atoms with Gasteiger partial charge in [-0.05, 0) is 50.6 Å². The maximum Gasteiger partial charge on any atom is 0.425 e. The van der Waals surface area contributed by atoms with Crippen molar-refractivity contribution in [2.45, 2.75) is 46.1 Å². The van der Waals surface area contributed by atoms with Gasteiger partial charge in [-0.25, -0.2) is 23.5 Å². The van der Waals surface area contributed by atoms with Crippen LogP contribution in [0.1, 0.15) is 26.3 Å². The number of nitrogens with one attached hydrogen (secondary N) is 1. The smallest absolute Gasteiger partial charge is 0.425 e. The van der Waals surface area contributed by atoms with Crippen molar-refractivity contribution in [3.8, 4) is 5.75 Å². The second kappa shape index (κ2) is 11.5. The Hall–Kier alpha value is -3.87. The molecule has 0 aliphatic carbocycles. The van der Waals surface area contributed by atoms with E-state index in [1.54, 1.807) is 24.3 Å². The summed E-state index contributed by atoms with van der Waals surface area (Å²) in [5.74, 6) is -2.43. The SMILES string of the molecule is COC(=O)C(C)(C)Cn1c(=O)[nH]/c(=N\c2ccc(OC(C)C(F)(F)F)c(F)c2)n(Cc2ccc(Cl)cc2)c1=O. The Labute approximate surface area is 224 Å². The molecule has 0 aliphatic rings. The topological polar surface area (TPSA) is 108 Å². The maximum absolute atomic E-state index is 14.6. The number of methoxy groups -OCH3 is 1. The molecular formula is C25H25ClF4N4O5. The molecule has 1 N–H and O–H groups in total. The first-order chi connectivity index (χ1) is 18.1. The molecule has 210 valence electrons. The fourth-order valence-electron chi connectivity index (χ4n) is 3.47. The molecule has 9 nitrogen and oxygen atoms in total. The number of carbonyl (C=O) groups is 1. The number of carbonyl (C=O) groups excluding carboxylic acids is 1. The fraction of sp³-hybridized carbons (Fsp3) is 0.360. The number of H-pyrrole nitrogens is 1. The minimum Gasteiger partial charge on any atom is -0.478 e. The zero-order valence-corrected chi connectivity index (χ0v) is 22.1. The summed E-state index contributed by atoms with van der Waals surface area (Å²) < 4.78 is 64.2. The molecule has 0 spiro atoms. The molecule has 0 saturated heterocycles. The van der Waals surface area contributed by atoms with Crippen LogP contribution in [0.25, 0.3) is 0 Å². The van der Waals surface area contributed by atoms with Gasteiger partial charge < -0.3 is 9.47 Å². The molecule has 0 bridgehead atoms. The summed E-state index contributed by atoms with van der Waals surface area (Å²) >= 11 is 5.94. The van der Waals surface area contributed by atoms with Crippen LogP contribution in [-0.2, 0) is 22.6 Å². The van der Waals surface area contributed by atoms with Gasteiger partial charge in [-0.15, -0.1) is 0 Å². The number of benzene rings is 2. The molecule has 1 unspecified atom stereocenters. The zero-order chi connectivity index (χ0) is 29.1. The second-order valence-electron chi connectivity index (χ2n) is 9.24. The van der Waals surface area contributed by atoms with Crippen molar-refractivity contribution < 1.29 is 31.8 Å². The van der Waals surface area contributed by atoms with E-state index in [0.29, 0.717) is 10.6 Å². The van der Waals surface area contributed by atoms with Gasteiger partial charge in [0.25, 0.3) is 0 Å². The third-order valence-corrected chi connectivity index (χ3v) is 5.89. The molecule has 0 aliphatic heterocycles.